The van der Waals surface area contributed by atoms with Gasteiger partial charge in [-0.15, -0.1) is 11.3 Å². The maximum absolute atomic E-state index is 11.7. The molecular weight excluding hydrogens is 354 g/mol. The van der Waals surface area contributed by atoms with E-state index in [0.717, 1.165) is 15.2 Å². The number of aromatic hydroxyl groups is 1. The number of carbonyl (C=O) groups excluding carboxylic acids is 1. The average molecular weight is 371 g/mol. The fourth-order valence-electron chi connectivity index (χ4n) is 2.19. The van der Waals surface area contributed by atoms with Crippen molar-refractivity contribution in [3.8, 4) is 16.3 Å². The summed E-state index contributed by atoms with van der Waals surface area (Å²) in [7, 11) is 0. The van der Waals surface area contributed by atoms with Crippen molar-refractivity contribution in [1.82, 2.24) is 10.3 Å². The highest BCUT2D eigenvalue weighted by atomic mass is 32.1. The molecule has 2 aromatic carbocycles. The number of benzene rings is 2. The molecule has 128 valence electrons. The highest BCUT2D eigenvalue weighted by molar-refractivity contribution is 7.80. The van der Waals surface area contributed by atoms with E-state index in [-0.39, 0.29) is 22.7 Å². The summed E-state index contributed by atoms with van der Waals surface area (Å²) in [6.07, 6.45) is 0. The SMILES string of the molecule is CC(C)C(=O)NC(=S)Nc1ccc(O)c(-c2nc3ccccc3s2)c1. The Morgan fingerprint density at radius 1 is 1.24 bits per heavy atom. The van der Waals surface area contributed by atoms with Crippen LogP contribution in [0.1, 0.15) is 13.8 Å². The third kappa shape index (κ3) is 3.94. The standard InChI is InChI=1S/C18H17N3O2S2/c1-10(2)16(23)21-18(24)19-11-7-8-14(22)12(9-11)17-20-13-5-3-4-6-15(13)25-17/h3-10,22H,1-2H3,(H2,19,21,23,24). The second-order valence-electron chi connectivity index (χ2n) is 5.82. The number of carbonyl (C=O) groups is 1. The number of rotatable bonds is 3. The summed E-state index contributed by atoms with van der Waals surface area (Å²) in [6.45, 7) is 3.59. The van der Waals surface area contributed by atoms with Gasteiger partial charge in [0.25, 0.3) is 0 Å². The van der Waals surface area contributed by atoms with Gasteiger partial charge in [0.1, 0.15) is 10.8 Å². The van der Waals surface area contributed by atoms with Crippen LogP contribution >= 0.6 is 23.6 Å². The van der Waals surface area contributed by atoms with Crippen molar-refractivity contribution in [3.05, 3.63) is 42.5 Å². The van der Waals surface area contributed by atoms with Gasteiger partial charge in [0.2, 0.25) is 5.91 Å². The van der Waals surface area contributed by atoms with Crippen LogP contribution in [-0.2, 0) is 4.79 Å². The number of thiazole rings is 1. The molecule has 1 heterocycles. The minimum absolute atomic E-state index is 0.141. The van der Waals surface area contributed by atoms with Crippen molar-refractivity contribution in [3.63, 3.8) is 0 Å². The maximum Gasteiger partial charge on any atom is 0.228 e. The van der Waals surface area contributed by atoms with E-state index in [1.807, 2.05) is 24.3 Å². The summed E-state index contributed by atoms with van der Waals surface area (Å²) in [5.41, 5.74) is 2.17. The Balaban J connectivity index is 1.85. The van der Waals surface area contributed by atoms with Gasteiger partial charge in [-0.1, -0.05) is 26.0 Å². The molecule has 0 aliphatic carbocycles. The highest BCUT2D eigenvalue weighted by Gasteiger charge is 2.13. The number of phenolic OH excluding ortho intramolecular Hbond substituents is 1. The molecule has 1 amide bonds. The number of hydrogen-bond acceptors (Lipinski definition) is 5. The summed E-state index contributed by atoms with van der Waals surface area (Å²) >= 11 is 6.66. The zero-order chi connectivity index (χ0) is 18.0. The van der Waals surface area contributed by atoms with Crippen molar-refractivity contribution < 1.29 is 9.90 Å². The third-order valence-corrected chi connectivity index (χ3v) is 4.81. The lowest BCUT2D eigenvalue weighted by Crippen LogP contribution is -2.36. The fraction of sp³-hybridized carbons (Fsp3) is 0.167. The first-order valence-corrected chi connectivity index (χ1v) is 8.97. The molecular formula is C18H17N3O2S2. The molecule has 0 unspecified atom stereocenters. The van der Waals surface area contributed by atoms with Gasteiger partial charge >= 0.3 is 0 Å². The minimum atomic E-state index is -0.155. The van der Waals surface area contributed by atoms with Crippen LogP contribution < -0.4 is 10.6 Å². The normalized spacial score (nSPS) is 10.8. The maximum atomic E-state index is 11.7. The Bertz CT molecular complexity index is 917. The highest BCUT2D eigenvalue weighted by Crippen LogP contribution is 2.36. The number of para-hydroxylation sites is 1. The van der Waals surface area contributed by atoms with Gasteiger partial charge in [0.15, 0.2) is 5.11 Å². The van der Waals surface area contributed by atoms with E-state index >= 15 is 0 Å². The molecule has 0 saturated carbocycles. The first-order valence-electron chi connectivity index (χ1n) is 7.75. The van der Waals surface area contributed by atoms with E-state index < -0.39 is 0 Å². The van der Waals surface area contributed by atoms with Gasteiger partial charge in [-0.2, -0.15) is 0 Å². The molecule has 1 aromatic heterocycles. The van der Waals surface area contributed by atoms with Crippen LogP contribution in [0.3, 0.4) is 0 Å². The van der Waals surface area contributed by atoms with Crippen LogP contribution in [-0.4, -0.2) is 21.1 Å². The number of fused-ring (bicyclic) bond motifs is 1. The third-order valence-electron chi connectivity index (χ3n) is 3.54. The van der Waals surface area contributed by atoms with Gasteiger partial charge in [-0.3, -0.25) is 4.79 Å². The van der Waals surface area contributed by atoms with E-state index in [1.54, 1.807) is 32.0 Å². The minimum Gasteiger partial charge on any atom is -0.507 e. The van der Waals surface area contributed by atoms with Crippen LogP contribution in [0.4, 0.5) is 5.69 Å². The number of nitrogens with one attached hydrogen (secondary N) is 2. The van der Waals surface area contributed by atoms with Crippen molar-refractivity contribution in [2.75, 3.05) is 5.32 Å². The molecule has 5 nitrogen and oxygen atoms in total. The molecule has 3 rings (SSSR count). The van der Waals surface area contributed by atoms with Gasteiger partial charge in [-0.05, 0) is 42.5 Å². The predicted molar refractivity (Wildman–Crippen MR) is 106 cm³/mol. The topological polar surface area (TPSA) is 74.2 Å². The second-order valence-corrected chi connectivity index (χ2v) is 7.26. The summed E-state index contributed by atoms with van der Waals surface area (Å²) in [5.74, 6) is -0.165. The molecule has 0 bridgehead atoms. The van der Waals surface area contributed by atoms with Crippen molar-refractivity contribution >= 4 is 50.5 Å². The first-order chi connectivity index (χ1) is 11.9. The summed E-state index contributed by atoms with van der Waals surface area (Å²) in [6, 6.07) is 12.9. The monoisotopic (exact) mass is 371 g/mol. The zero-order valence-corrected chi connectivity index (χ0v) is 15.4. The Kier molecular flexibility index (Phi) is 4.96. The van der Waals surface area contributed by atoms with Gasteiger partial charge in [0, 0.05) is 11.6 Å². The lowest BCUT2D eigenvalue weighted by atomic mass is 10.2. The van der Waals surface area contributed by atoms with E-state index in [1.165, 1.54) is 11.3 Å². The molecule has 25 heavy (non-hydrogen) atoms. The molecule has 0 saturated heterocycles. The van der Waals surface area contributed by atoms with Gasteiger partial charge < -0.3 is 15.7 Å². The lowest BCUT2D eigenvalue weighted by molar-refractivity contribution is -0.122. The molecule has 0 radical (unpaired) electrons. The number of amides is 1. The fourth-order valence-corrected chi connectivity index (χ4v) is 3.40. The van der Waals surface area contributed by atoms with E-state index in [2.05, 4.69) is 15.6 Å². The Labute approximate surface area is 154 Å². The number of thiocarbonyl (C=S) groups is 1. The number of nitrogens with zero attached hydrogens (tertiary/aromatic N) is 1. The van der Waals surface area contributed by atoms with Gasteiger partial charge in [-0.25, -0.2) is 4.98 Å². The molecule has 0 aliphatic rings. The molecule has 0 aliphatic heterocycles. The Morgan fingerprint density at radius 3 is 2.72 bits per heavy atom. The molecule has 0 spiro atoms. The van der Waals surface area contributed by atoms with Crippen molar-refractivity contribution in [2.24, 2.45) is 5.92 Å². The number of phenols is 1. The molecule has 3 N–H and O–H groups in total. The number of aromatic nitrogens is 1. The average Bonchev–Trinajstić information content (AvgIpc) is 3.00. The molecule has 0 atom stereocenters. The van der Waals surface area contributed by atoms with E-state index in [0.29, 0.717) is 11.3 Å². The van der Waals surface area contributed by atoms with Crippen LogP contribution in [0, 0.1) is 5.92 Å². The Hall–Kier alpha value is -2.51. The van der Waals surface area contributed by atoms with Crippen molar-refractivity contribution in [2.45, 2.75) is 13.8 Å². The lowest BCUT2D eigenvalue weighted by Gasteiger charge is -2.12. The van der Waals surface area contributed by atoms with Crippen LogP contribution in [0.25, 0.3) is 20.8 Å². The van der Waals surface area contributed by atoms with Crippen molar-refractivity contribution in [1.29, 1.82) is 0 Å². The molecule has 7 heteroatoms. The van der Waals surface area contributed by atoms with Gasteiger partial charge in [0.05, 0.1) is 15.8 Å². The first kappa shape index (κ1) is 17.3. The quantitative estimate of drug-likeness (QED) is 0.477. The number of hydrogen-bond donors (Lipinski definition) is 3. The summed E-state index contributed by atoms with van der Waals surface area (Å²) < 4.78 is 1.05. The van der Waals surface area contributed by atoms with E-state index in [9.17, 15) is 9.90 Å². The van der Waals surface area contributed by atoms with Crippen LogP contribution in [0.2, 0.25) is 0 Å². The summed E-state index contributed by atoms with van der Waals surface area (Å²) in [5, 5.41) is 16.7. The predicted octanol–water partition coefficient (Wildman–Crippen LogP) is 4.14. The molecule has 0 fully saturated rings. The summed E-state index contributed by atoms with van der Waals surface area (Å²) in [4.78, 5) is 16.3. The Morgan fingerprint density at radius 2 is 2.00 bits per heavy atom. The molecule has 3 aromatic rings. The van der Waals surface area contributed by atoms with Crippen LogP contribution in [0.15, 0.2) is 42.5 Å². The largest absolute Gasteiger partial charge is 0.507 e. The zero-order valence-electron chi connectivity index (χ0n) is 13.7. The number of anilines is 1. The second kappa shape index (κ2) is 7.16. The van der Waals surface area contributed by atoms with Crippen LogP contribution in [0.5, 0.6) is 5.75 Å². The smallest absolute Gasteiger partial charge is 0.228 e. The van der Waals surface area contributed by atoms with E-state index in [4.69, 9.17) is 12.2 Å².